The molecule has 0 atom stereocenters. The van der Waals surface area contributed by atoms with Gasteiger partial charge in [-0.15, -0.1) is 0 Å². The lowest BCUT2D eigenvalue weighted by Gasteiger charge is -2.23. The molecule has 13 heavy (non-hydrogen) atoms. The Morgan fingerprint density at radius 1 is 1.38 bits per heavy atom. The molecule has 1 aromatic heterocycles. The highest BCUT2D eigenvalue weighted by atomic mass is 35.5. The Bertz CT molecular complexity index is 308. The van der Waals surface area contributed by atoms with Gasteiger partial charge in [-0.3, -0.25) is 4.98 Å². The summed E-state index contributed by atoms with van der Waals surface area (Å²) in [5.74, 6) is 0. The summed E-state index contributed by atoms with van der Waals surface area (Å²) >= 11 is 5.97. The van der Waals surface area contributed by atoms with Gasteiger partial charge in [0.15, 0.2) is 0 Å². The van der Waals surface area contributed by atoms with Crippen LogP contribution in [0.25, 0.3) is 0 Å². The number of hydrogen-bond acceptors (Lipinski definition) is 2. The lowest BCUT2D eigenvalue weighted by atomic mass is 9.93. The molecule has 0 aliphatic heterocycles. The average Bonchev–Trinajstić information content (AvgIpc) is 2.54. The van der Waals surface area contributed by atoms with E-state index in [2.05, 4.69) is 4.98 Å². The van der Waals surface area contributed by atoms with Crippen molar-refractivity contribution in [2.24, 2.45) is 0 Å². The third-order valence-corrected chi connectivity index (χ3v) is 3.01. The van der Waals surface area contributed by atoms with Crippen molar-refractivity contribution in [1.82, 2.24) is 4.98 Å². The van der Waals surface area contributed by atoms with E-state index in [1.165, 1.54) is 0 Å². The van der Waals surface area contributed by atoms with Gasteiger partial charge in [-0.25, -0.2) is 0 Å². The molecule has 3 heteroatoms. The molecule has 2 rings (SSSR count). The van der Waals surface area contributed by atoms with E-state index in [1.54, 1.807) is 12.4 Å². The molecular weight excluding hydrogens is 186 g/mol. The molecule has 1 N–H and O–H groups in total. The van der Waals surface area contributed by atoms with Gasteiger partial charge in [0.05, 0.1) is 10.6 Å². The van der Waals surface area contributed by atoms with Crippen molar-refractivity contribution in [3.05, 3.63) is 29.0 Å². The summed E-state index contributed by atoms with van der Waals surface area (Å²) in [5, 5.41) is 10.8. The SMILES string of the molecule is OC1(c2ccncc2Cl)CCCC1. The predicted octanol–water partition coefficient (Wildman–Crippen LogP) is 2.50. The van der Waals surface area contributed by atoms with E-state index in [4.69, 9.17) is 11.6 Å². The molecular formula is C10H12ClNO. The number of aromatic nitrogens is 1. The summed E-state index contributed by atoms with van der Waals surface area (Å²) in [6.07, 6.45) is 7.06. The molecule has 1 fully saturated rings. The van der Waals surface area contributed by atoms with Gasteiger partial charge in [0.1, 0.15) is 0 Å². The fraction of sp³-hybridized carbons (Fsp3) is 0.500. The molecule has 0 aromatic carbocycles. The van der Waals surface area contributed by atoms with Gasteiger partial charge in [0.2, 0.25) is 0 Å². The van der Waals surface area contributed by atoms with Crippen LogP contribution in [0.2, 0.25) is 5.02 Å². The maximum Gasteiger partial charge on any atom is 0.0912 e. The first-order valence-electron chi connectivity index (χ1n) is 4.55. The minimum Gasteiger partial charge on any atom is -0.385 e. The lowest BCUT2D eigenvalue weighted by molar-refractivity contribution is 0.0445. The van der Waals surface area contributed by atoms with Crippen LogP contribution in [0.1, 0.15) is 31.2 Å². The first-order valence-corrected chi connectivity index (χ1v) is 4.92. The molecule has 70 valence electrons. The van der Waals surface area contributed by atoms with Crippen LogP contribution < -0.4 is 0 Å². The maximum atomic E-state index is 10.2. The highest BCUT2D eigenvalue weighted by molar-refractivity contribution is 6.31. The van der Waals surface area contributed by atoms with Crippen LogP contribution in [0.3, 0.4) is 0 Å². The van der Waals surface area contributed by atoms with Gasteiger partial charge >= 0.3 is 0 Å². The minimum absolute atomic E-state index is 0.576. The van der Waals surface area contributed by atoms with Gasteiger partial charge in [-0.05, 0) is 18.9 Å². The van der Waals surface area contributed by atoms with Crippen molar-refractivity contribution in [1.29, 1.82) is 0 Å². The van der Waals surface area contributed by atoms with Crippen LogP contribution in [-0.4, -0.2) is 10.1 Å². The normalized spacial score (nSPS) is 20.5. The number of halogens is 1. The van der Waals surface area contributed by atoms with Crippen molar-refractivity contribution < 1.29 is 5.11 Å². The summed E-state index contributed by atoms with van der Waals surface area (Å²) in [7, 11) is 0. The summed E-state index contributed by atoms with van der Waals surface area (Å²) in [4.78, 5) is 3.90. The topological polar surface area (TPSA) is 33.1 Å². The van der Waals surface area contributed by atoms with Crippen LogP contribution >= 0.6 is 11.6 Å². The lowest BCUT2D eigenvalue weighted by Crippen LogP contribution is -2.21. The molecule has 1 heterocycles. The zero-order valence-corrected chi connectivity index (χ0v) is 8.09. The second-order valence-electron chi connectivity index (χ2n) is 3.59. The quantitative estimate of drug-likeness (QED) is 0.751. The number of rotatable bonds is 1. The third kappa shape index (κ3) is 1.56. The second kappa shape index (κ2) is 3.28. The van der Waals surface area contributed by atoms with Crippen LogP contribution in [0, 0.1) is 0 Å². The van der Waals surface area contributed by atoms with E-state index in [0.29, 0.717) is 5.02 Å². The molecule has 0 amide bonds. The Morgan fingerprint density at radius 2 is 2.08 bits per heavy atom. The smallest absolute Gasteiger partial charge is 0.0912 e. The van der Waals surface area contributed by atoms with Crippen molar-refractivity contribution in [2.45, 2.75) is 31.3 Å². The number of aliphatic hydroxyl groups is 1. The zero-order chi connectivity index (χ0) is 9.31. The van der Waals surface area contributed by atoms with Gasteiger partial charge in [-0.2, -0.15) is 0 Å². The van der Waals surface area contributed by atoms with E-state index >= 15 is 0 Å². The molecule has 1 saturated carbocycles. The number of pyridine rings is 1. The van der Waals surface area contributed by atoms with Gasteiger partial charge in [0, 0.05) is 18.0 Å². The first-order chi connectivity index (χ1) is 6.22. The van der Waals surface area contributed by atoms with Crippen molar-refractivity contribution in [2.75, 3.05) is 0 Å². The average molecular weight is 198 g/mol. The van der Waals surface area contributed by atoms with E-state index in [0.717, 1.165) is 31.2 Å². The fourth-order valence-corrected chi connectivity index (χ4v) is 2.28. The molecule has 1 aliphatic carbocycles. The maximum absolute atomic E-state index is 10.2. The Morgan fingerprint density at radius 3 is 2.69 bits per heavy atom. The molecule has 1 aliphatic rings. The Hall–Kier alpha value is -0.600. The molecule has 1 aromatic rings. The fourth-order valence-electron chi connectivity index (χ4n) is 1.98. The molecule has 0 spiro atoms. The Kier molecular flexibility index (Phi) is 2.26. The van der Waals surface area contributed by atoms with Crippen molar-refractivity contribution in [3.8, 4) is 0 Å². The largest absolute Gasteiger partial charge is 0.385 e. The van der Waals surface area contributed by atoms with Gasteiger partial charge in [0.25, 0.3) is 0 Å². The molecule has 0 unspecified atom stereocenters. The van der Waals surface area contributed by atoms with Crippen molar-refractivity contribution >= 4 is 11.6 Å². The predicted molar refractivity (Wildman–Crippen MR) is 51.6 cm³/mol. The summed E-state index contributed by atoms with van der Waals surface area (Å²) < 4.78 is 0. The van der Waals surface area contributed by atoms with Crippen LogP contribution in [0.15, 0.2) is 18.5 Å². The van der Waals surface area contributed by atoms with Crippen molar-refractivity contribution in [3.63, 3.8) is 0 Å². The molecule has 0 saturated heterocycles. The van der Waals surface area contributed by atoms with Gasteiger partial charge < -0.3 is 5.11 Å². The van der Waals surface area contributed by atoms with Crippen LogP contribution in [0.4, 0.5) is 0 Å². The molecule has 0 radical (unpaired) electrons. The standard InChI is InChI=1S/C10H12ClNO/c11-9-7-12-6-3-8(9)10(13)4-1-2-5-10/h3,6-7,13H,1-2,4-5H2. The van der Waals surface area contributed by atoms with Crippen LogP contribution in [-0.2, 0) is 5.60 Å². The monoisotopic (exact) mass is 197 g/mol. The zero-order valence-electron chi connectivity index (χ0n) is 7.33. The van der Waals surface area contributed by atoms with E-state index in [1.807, 2.05) is 6.07 Å². The summed E-state index contributed by atoms with van der Waals surface area (Å²) in [6.45, 7) is 0. The third-order valence-electron chi connectivity index (χ3n) is 2.70. The Balaban J connectivity index is 2.39. The second-order valence-corrected chi connectivity index (χ2v) is 4.00. The van der Waals surface area contributed by atoms with E-state index < -0.39 is 5.60 Å². The van der Waals surface area contributed by atoms with Gasteiger partial charge in [-0.1, -0.05) is 24.4 Å². The van der Waals surface area contributed by atoms with E-state index in [9.17, 15) is 5.11 Å². The van der Waals surface area contributed by atoms with E-state index in [-0.39, 0.29) is 0 Å². The highest BCUT2D eigenvalue weighted by Gasteiger charge is 2.34. The first kappa shape index (κ1) is 8.97. The highest BCUT2D eigenvalue weighted by Crippen LogP contribution is 2.40. The van der Waals surface area contributed by atoms with Crippen LogP contribution in [0.5, 0.6) is 0 Å². The Labute approximate surface area is 82.6 Å². The minimum atomic E-state index is -0.694. The molecule has 0 bridgehead atoms. The molecule has 2 nitrogen and oxygen atoms in total. The number of nitrogens with zero attached hydrogens (tertiary/aromatic N) is 1. The summed E-state index contributed by atoms with van der Waals surface area (Å²) in [6, 6.07) is 1.81. The number of hydrogen-bond donors (Lipinski definition) is 1. The summed E-state index contributed by atoms with van der Waals surface area (Å²) in [5.41, 5.74) is 0.140.